The van der Waals surface area contributed by atoms with E-state index in [1.807, 2.05) is 13.8 Å². The maximum Gasteiger partial charge on any atom is 0.0956 e. The van der Waals surface area contributed by atoms with Crippen molar-refractivity contribution in [3.05, 3.63) is 0 Å². The molecule has 0 spiro atoms. The Hall–Kier alpha value is -0.120. The fourth-order valence-electron chi connectivity index (χ4n) is 2.61. The lowest BCUT2D eigenvalue weighted by Crippen LogP contribution is -2.56. The monoisotopic (exact) mass is 216 g/mol. The van der Waals surface area contributed by atoms with Gasteiger partial charge in [0.1, 0.15) is 0 Å². The van der Waals surface area contributed by atoms with E-state index in [2.05, 4.69) is 6.92 Å². The second-order valence-electron chi connectivity index (χ2n) is 5.68. The highest BCUT2D eigenvalue weighted by Gasteiger charge is 2.50. The molecular weight excluding hydrogens is 192 g/mol. The Bertz CT molecular complexity index is 215. The van der Waals surface area contributed by atoms with E-state index in [4.69, 9.17) is 5.11 Å². The van der Waals surface area contributed by atoms with Gasteiger partial charge in [-0.2, -0.15) is 0 Å². The van der Waals surface area contributed by atoms with Crippen LogP contribution < -0.4 is 0 Å². The molecule has 1 unspecified atom stereocenters. The van der Waals surface area contributed by atoms with E-state index in [1.54, 1.807) is 0 Å². The number of hydrogen-bond donors (Lipinski definition) is 3. The molecule has 15 heavy (non-hydrogen) atoms. The first kappa shape index (κ1) is 12.9. The first-order valence-electron chi connectivity index (χ1n) is 5.85. The molecule has 3 N–H and O–H groups in total. The van der Waals surface area contributed by atoms with Gasteiger partial charge in [0.2, 0.25) is 0 Å². The van der Waals surface area contributed by atoms with E-state index >= 15 is 0 Å². The van der Waals surface area contributed by atoms with E-state index < -0.39 is 17.1 Å². The van der Waals surface area contributed by atoms with Crippen molar-refractivity contribution in [1.82, 2.24) is 0 Å². The van der Waals surface area contributed by atoms with Crippen molar-refractivity contribution in [3.63, 3.8) is 0 Å². The molecule has 0 amide bonds. The fourth-order valence-corrected chi connectivity index (χ4v) is 2.61. The van der Waals surface area contributed by atoms with E-state index in [-0.39, 0.29) is 6.61 Å². The summed E-state index contributed by atoms with van der Waals surface area (Å²) < 4.78 is 0. The molecule has 3 nitrogen and oxygen atoms in total. The van der Waals surface area contributed by atoms with E-state index in [9.17, 15) is 10.2 Å². The molecule has 0 bridgehead atoms. The van der Waals surface area contributed by atoms with E-state index in [0.29, 0.717) is 25.2 Å². The number of aliphatic hydroxyl groups excluding tert-OH is 2. The van der Waals surface area contributed by atoms with Gasteiger partial charge in [-0.1, -0.05) is 20.8 Å². The van der Waals surface area contributed by atoms with Crippen molar-refractivity contribution in [2.45, 2.75) is 58.2 Å². The molecule has 3 heteroatoms. The van der Waals surface area contributed by atoms with Gasteiger partial charge in [0.15, 0.2) is 0 Å². The van der Waals surface area contributed by atoms with Gasteiger partial charge < -0.3 is 15.3 Å². The van der Waals surface area contributed by atoms with Gasteiger partial charge in [-0.05, 0) is 37.0 Å². The Morgan fingerprint density at radius 1 is 1.40 bits per heavy atom. The standard InChI is InChI=1S/C12H24O3/c1-9-4-5-12(15,10(14)8-9)11(2,3)6-7-13/h9-10,13-15H,4-8H2,1-3H3/t9-,10-,12?/m0/s1. The van der Waals surface area contributed by atoms with Gasteiger partial charge in [-0.15, -0.1) is 0 Å². The zero-order valence-electron chi connectivity index (χ0n) is 10.0. The van der Waals surface area contributed by atoms with Crippen LogP contribution in [0.2, 0.25) is 0 Å². The first-order valence-corrected chi connectivity index (χ1v) is 5.85. The van der Waals surface area contributed by atoms with Crippen LogP contribution in [0.25, 0.3) is 0 Å². The Morgan fingerprint density at radius 3 is 2.47 bits per heavy atom. The lowest BCUT2D eigenvalue weighted by atomic mass is 9.62. The largest absolute Gasteiger partial charge is 0.396 e. The molecule has 1 saturated carbocycles. The second kappa shape index (κ2) is 4.40. The minimum Gasteiger partial charge on any atom is -0.396 e. The molecule has 1 fully saturated rings. The summed E-state index contributed by atoms with van der Waals surface area (Å²) in [4.78, 5) is 0. The maximum absolute atomic E-state index is 10.6. The Balaban J connectivity index is 2.80. The molecule has 1 aliphatic rings. The topological polar surface area (TPSA) is 60.7 Å². The van der Waals surface area contributed by atoms with Crippen LogP contribution >= 0.6 is 0 Å². The smallest absolute Gasteiger partial charge is 0.0956 e. The molecule has 90 valence electrons. The zero-order chi connectivity index (χ0) is 11.7. The van der Waals surface area contributed by atoms with Crippen molar-refractivity contribution in [3.8, 4) is 0 Å². The van der Waals surface area contributed by atoms with Gasteiger partial charge in [0.05, 0.1) is 11.7 Å². The van der Waals surface area contributed by atoms with Crippen LogP contribution in [0, 0.1) is 11.3 Å². The SMILES string of the molecule is C[C@H]1CCC(O)(C(C)(C)CCO)[C@@H](O)C1. The van der Waals surface area contributed by atoms with E-state index in [1.165, 1.54) is 0 Å². The summed E-state index contributed by atoms with van der Waals surface area (Å²) >= 11 is 0. The van der Waals surface area contributed by atoms with Crippen LogP contribution in [0.3, 0.4) is 0 Å². The molecule has 0 radical (unpaired) electrons. The summed E-state index contributed by atoms with van der Waals surface area (Å²) in [6, 6.07) is 0. The summed E-state index contributed by atoms with van der Waals surface area (Å²) in [5.41, 5.74) is -1.47. The zero-order valence-corrected chi connectivity index (χ0v) is 10.0. The average Bonchev–Trinajstić information content (AvgIpc) is 2.11. The highest BCUT2D eigenvalue weighted by molar-refractivity contribution is 5.01. The molecule has 0 aromatic carbocycles. The molecule has 0 heterocycles. The van der Waals surface area contributed by atoms with Crippen molar-refractivity contribution in [1.29, 1.82) is 0 Å². The molecule has 1 aliphatic carbocycles. The van der Waals surface area contributed by atoms with Crippen molar-refractivity contribution < 1.29 is 15.3 Å². The fraction of sp³-hybridized carbons (Fsp3) is 1.00. The summed E-state index contributed by atoms with van der Waals surface area (Å²) in [6.07, 6.45) is 2.09. The first-order chi connectivity index (χ1) is 6.83. The van der Waals surface area contributed by atoms with Crippen molar-refractivity contribution in [2.75, 3.05) is 6.61 Å². The Morgan fingerprint density at radius 2 is 2.00 bits per heavy atom. The third-order valence-corrected chi connectivity index (χ3v) is 4.10. The predicted molar refractivity (Wildman–Crippen MR) is 59.5 cm³/mol. The highest BCUT2D eigenvalue weighted by Crippen LogP contribution is 2.45. The van der Waals surface area contributed by atoms with Gasteiger partial charge in [0, 0.05) is 6.61 Å². The van der Waals surface area contributed by atoms with Crippen LogP contribution in [0.4, 0.5) is 0 Å². The Kier molecular flexibility index (Phi) is 3.80. The van der Waals surface area contributed by atoms with Crippen LogP contribution in [-0.2, 0) is 0 Å². The maximum atomic E-state index is 10.6. The number of rotatable bonds is 3. The Labute approximate surface area is 92.1 Å². The summed E-state index contributed by atoms with van der Waals surface area (Å²) in [6.45, 7) is 5.99. The van der Waals surface area contributed by atoms with Crippen LogP contribution in [0.5, 0.6) is 0 Å². The normalized spacial score (nSPS) is 38.0. The molecular formula is C12H24O3. The third kappa shape index (κ3) is 2.35. The quantitative estimate of drug-likeness (QED) is 0.666. The molecule has 0 aliphatic heterocycles. The van der Waals surface area contributed by atoms with Gasteiger partial charge in [-0.3, -0.25) is 0 Å². The predicted octanol–water partition coefficient (Wildman–Crippen LogP) is 1.31. The highest BCUT2D eigenvalue weighted by atomic mass is 16.3. The molecule has 0 saturated heterocycles. The van der Waals surface area contributed by atoms with Crippen LogP contribution in [0.1, 0.15) is 46.5 Å². The molecule has 0 aromatic rings. The summed E-state index contributed by atoms with van der Waals surface area (Å²) in [5, 5.41) is 29.6. The summed E-state index contributed by atoms with van der Waals surface area (Å²) in [5.74, 6) is 0.477. The molecule has 1 rings (SSSR count). The number of hydrogen-bond acceptors (Lipinski definition) is 3. The van der Waals surface area contributed by atoms with Gasteiger partial charge >= 0.3 is 0 Å². The van der Waals surface area contributed by atoms with Crippen molar-refractivity contribution >= 4 is 0 Å². The molecule has 0 aromatic heterocycles. The number of aliphatic hydroxyl groups is 3. The van der Waals surface area contributed by atoms with Crippen LogP contribution in [-0.4, -0.2) is 33.6 Å². The lowest BCUT2D eigenvalue weighted by molar-refractivity contribution is -0.179. The minimum atomic E-state index is -1.04. The van der Waals surface area contributed by atoms with Crippen LogP contribution in [0.15, 0.2) is 0 Å². The third-order valence-electron chi connectivity index (χ3n) is 4.10. The average molecular weight is 216 g/mol. The second-order valence-corrected chi connectivity index (χ2v) is 5.68. The lowest BCUT2D eigenvalue weighted by Gasteiger charge is -2.49. The van der Waals surface area contributed by atoms with Gasteiger partial charge in [-0.25, -0.2) is 0 Å². The van der Waals surface area contributed by atoms with E-state index in [0.717, 1.165) is 6.42 Å². The van der Waals surface area contributed by atoms with Gasteiger partial charge in [0.25, 0.3) is 0 Å². The molecule has 3 atom stereocenters. The minimum absolute atomic E-state index is 0.0532. The van der Waals surface area contributed by atoms with Crippen molar-refractivity contribution in [2.24, 2.45) is 11.3 Å². The summed E-state index contributed by atoms with van der Waals surface area (Å²) in [7, 11) is 0.